The Bertz CT molecular complexity index is 798. The number of halogens is 1. The minimum atomic E-state index is 0. The topological polar surface area (TPSA) is 43.4 Å². The fourth-order valence-electron chi connectivity index (χ4n) is 2.72. The Morgan fingerprint density at radius 1 is 0.815 bits per heavy atom. The van der Waals surface area contributed by atoms with Crippen LogP contribution in [-0.2, 0) is 19.5 Å². The summed E-state index contributed by atoms with van der Waals surface area (Å²) < 4.78 is 11.4. The van der Waals surface area contributed by atoms with E-state index in [-0.39, 0.29) is 12.4 Å². The smallest absolute Gasteiger partial charge is 0.161 e. The van der Waals surface area contributed by atoms with Crippen LogP contribution < -0.4 is 14.8 Å². The number of nitrogens with one attached hydrogen (secondary N) is 1. The van der Waals surface area contributed by atoms with E-state index in [2.05, 4.69) is 28.5 Å². The lowest BCUT2D eigenvalue weighted by Crippen LogP contribution is -2.12. The van der Waals surface area contributed by atoms with E-state index >= 15 is 0 Å². The summed E-state index contributed by atoms with van der Waals surface area (Å²) in [6, 6.07) is 20.4. The van der Waals surface area contributed by atoms with Gasteiger partial charge < -0.3 is 14.8 Å². The van der Waals surface area contributed by atoms with Crippen molar-refractivity contribution in [3.8, 4) is 11.5 Å². The van der Waals surface area contributed by atoms with Crippen molar-refractivity contribution in [2.24, 2.45) is 0 Å². The van der Waals surface area contributed by atoms with Gasteiger partial charge in [0.2, 0.25) is 0 Å². The van der Waals surface area contributed by atoms with Crippen LogP contribution in [0, 0.1) is 0 Å². The Kier molecular flexibility index (Phi) is 8.62. The van der Waals surface area contributed by atoms with Gasteiger partial charge in [0.05, 0.1) is 13.7 Å². The fraction of sp³-hybridized carbons (Fsp3) is 0.227. The molecule has 0 spiro atoms. The second kappa shape index (κ2) is 11.2. The van der Waals surface area contributed by atoms with Crippen molar-refractivity contribution >= 4 is 12.4 Å². The van der Waals surface area contributed by atoms with Crippen LogP contribution in [-0.4, -0.2) is 18.7 Å². The highest BCUT2D eigenvalue weighted by atomic mass is 35.5. The van der Waals surface area contributed by atoms with Gasteiger partial charge in [-0.15, -0.1) is 12.4 Å². The van der Waals surface area contributed by atoms with E-state index in [4.69, 9.17) is 9.47 Å². The van der Waals surface area contributed by atoms with E-state index in [0.717, 1.165) is 36.6 Å². The molecule has 0 aliphatic rings. The SMILES string of the molecule is COc1cc(CNCc2ccncc2)ccc1OCCc1ccccc1.Cl. The van der Waals surface area contributed by atoms with Gasteiger partial charge in [0.25, 0.3) is 0 Å². The van der Waals surface area contributed by atoms with Gasteiger partial charge >= 0.3 is 0 Å². The van der Waals surface area contributed by atoms with Gasteiger partial charge in [-0.25, -0.2) is 0 Å². The lowest BCUT2D eigenvalue weighted by molar-refractivity contribution is 0.297. The Hall–Kier alpha value is -2.56. The van der Waals surface area contributed by atoms with Gasteiger partial charge in [-0.3, -0.25) is 4.98 Å². The highest BCUT2D eigenvalue weighted by molar-refractivity contribution is 5.85. The molecule has 0 amide bonds. The zero-order chi connectivity index (χ0) is 18.0. The van der Waals surface area contributed by atoms with Crippen molar-refractivity contribution in [3.63, 3.8) is 0 Å². The van der Waals surface area contributed by atoms with Gasteiger partial charge in [-0.05, 0) is 41.0 Å². The molecular weight excluding hydrogens is 360 g/mol. The summed E-state index contributed by atoms with van der Waals surface area (Å²) >= 11 is 0. The molecule has 0 aliphatic heterocycles. The van der Waals surface area contributed by atoms with E-state index in [9.17, 15) is 0 Å². The molecule has 2 aromatic carbocycles. The molecule has 0 atom stereocenters. The number of aromatic nitrogens is 1. The maximum Gasteiger partial charge on any atom is 0.161 e. The van der Waals surface area contributed by atoms with Gasteiger partial charge in [-0.1, -0.05) is 36.4 Å². The molecule has 27 heavy (non-hydrogen) atoms. The standard InChI is InChI=1S/C22H24N2O2.ClH/c1-25-22-15-20(17-24-16-19-9-12-23-13-10-19)7-8-21(22)26-14-11-18-5-3-2-4-6-18;/h2-10,12-13,15,24H,11,14,16-17H2,1H3;1H. The Balaban J connectivity index is 0.00000261. The van der Waals surface area contributed by atoms with E-state index in [1.54, 1.807) is 7.11 Å². The Morgan fingerprint density at radius 3 is 2.30 bits per heavy atom. The molecule has 142 valence electrons. The molecule has 3 aromatic rings. The third kappa shape index (κ3) is 6.59. The molecule has 1 heterocycles. The predicted octanol–water partition coefficient (Wildman–Crippen LogP) is 4.42. The number of pyridine rings is 1. The quantitative estimate of drug-likeness (QED) is 0.593. The number of hydrogen-bond donors (Lipinski definition) is 1. The summed E-state index contributed by atoms with van der Waals surface area (Å²) in [4.78, 5) is 4.03. The highest BCUT2D eigenvalue weighted by Crippen LogP contribution is 2.28. The van der Waals surface area contributed by atoms with E-state index in [0.29, 0.717) is 6.61 Å². The number of methoxy groups -OCH3 is 1. The molecule has 0 saturated heterocycles. The van der Waals surface area contributed by atoms with Crippen LogP contribution in [0.4, 0.5) is 0 Å². The van der Waals surface area contributed by atoms with Crippen LogP contribution >= 0.6 is 12.4 Å². The van der Waals surface area contributed by atoms with Crippen LogP contribution in [0.1, 0.15) is 16.7 Å². The third-order valence-electron chi connectivity index (χ3n) is 4.13. The van der Waals surface area contributed by atoms with Crippen molar-refractivity contribution in [1.82, 2.24) is 10.3 Å². The molecule has 0 unspecified atom stereocenters. The first-order valence-corrected chi connectivity index (χ1v) is 8.78. The number of hydrogen-bond acceptors (Lipinski definition) is 4. The molecule has 0 radical (unpaired) electrons. The van der Waals surface area contributed by atoms with Crippen molar-refractivity contribution in [1.29, 1.82) is 0 Å². The summed E-state index contributed by atoms with van der Waals surface area (Å²) in [6.45, 7) is 2.20. The summed E-state index contributed by atoms with van der Waals surface area (Å²) in [5, 5.41) is 3.43. The molecule has 1 N–H and O–H groups in total. The minimum absolute atomic E-state index is 0. The maximum atomic E-state index is 5.91. The zero-order valence-electron chi connectivity index (χ0n) is 15.4. The third-order valence-corrected chi connectivity index (χ3v) is 4.13. The molecule has 4 nitrogen and oxygen atoms in total. The van der Waals surface area contributed by atoms with E-state index < -0.39 is 0 Å². The molecule has 5 heteroatoms. The van der Waals surface area contributed by atoms with Crippen molar-refractivity contribution in [2.75, 3.05) is 13.7 Å². The average Bonchev–Trinajstić information content (AvgIpc) is 2.70. The predicted molar refractivity (Wildman–Crippen MR) is 111 cm³/mol. The Morgan fingerprint density at radius 2 is 1.56 bits per heavy atom. The maximum absolute atomic E-state index is 5.91. The summed E-state index contributed by atoms with van der Waals surface area (Å²) in [5.41, 5.74) is 3.64. The van der Waals surface area contributed by atoms with Crippen LogP contribution in [0.5, 0.6) is 11.5 Å². The van der Waals surface area contributed by atoms with Crippen LogP contribution in [0.3, 0.4) is 0 Å². The first kappa shape index (κ1) is 20.7. The van der Waals surface area contributed by atoms with Gasteiger partial charge in [0, 0.05) is 31.9 Å². The van der Waals surface area contributed by atoms with Crippen molar-refractivity contribution < 1.29 is 9.47 Å². The number of benzene rings is 2. The second-order valence-corrected chi connectivity index (χ2v) is 6.03. The monoisotopic (exact) mass is 384 g/mol. The van der Waals surface area contributed by atoms with Gasteiger partial charge in [0.15, 0.2) is 11.5 Å². The van der Waals surface area contributed by atoms with E-state index in [1.807, 2.05) is 54.9 Å². The Labute approximate surface area is 167 Å². The van der Waals surface area contributed by atoms with E-state index in [1.165, 1.54) is 11.1 Å². The molecule has 0 saturated carbocycles. The van der Waals surface area contributed by atoms with Crippen molar-refractivity contribution in [2.45, 2.75) is 19.5 Å². The number of nitrogens with zero attached hydrogens (tertiary/aromatic N) is 1. The molecule has 0 aliphatic carbocycles. The van der Waals surface area contributed by atoms with Crippen LogP contribution in [0.25, 0.3) is 0 Å². The van der Waals surface area contributed by atoms with Gasteiger partial charge in [-0.2, -0.15) is 0 Å². The largest absolute Gasteiger partial charge is 0.493 e. The first-order valence-electron chi connectivity index (χ1n) is 8.78. The molecule has 0 bridgehead atoms. The van der Waals surface area contributed by atoms with Crippen molar-refractivity contribution in [3.05, 3.63) is 89.7 Å². The minimum Gasteiger partial charge on any atom is -0.493 e. The molecular formula is C22H25ClN2O2. The summed E-state index contributed by atoms with van der Waals surface area (Å²) in [7, 11) is 1.67. The summed E-state index contributed by atoms with van der Waals surface area (Å²) in [5.74, 6) is 1.54. The normalized spacial score (nSPS) is 10.1. The fourth-order valence-corrected chi connectivity index (χ4v) is 2.72. The molecule has 3 rings (SSSR count). The highest BCUT2D eigenvalue weighted by Gasteiger charge is 2.06. The number of ether oxygens (including phenoxy) is 2. The number of rotatable bonds is 9. The molecule has 0 fully saturated rings. The first-order chi connectivity index (χ1) is 12.8. The second-order valence-electron chi connectivity index (χ2n) is 6.03. The van der Waals surface area contributed by atoms with Crippen LogP contribution in [0.2, 0.25) is 0 Å². The lowest BCUT2D eigenvalue weighted by atomic mass is 10.1. The average molecular weight is 385 g/mol. The summed E-state index contributed by atoms with van der Waals surface area (Å²) in [6.07, 6.45) is 4.49. The molecule has 1 aromatic heterocycles. The lowest BCUT2D eigenvalue weighted by Gasteiger charge is -2.13. The van der Waals surface area contributed by atoms with Gasteiger partial charge in [0.1, 0.15) is 0 Å². The van der Waals surface area contributed by atoms with Crippen LogP contribution in [0.15, 0.2) is 73.1 Å². The zero-order valence-corrected chi connectivity index (χ0v) is 16.2.